The van der Waals surface area contributed by atoms with Crippen LogP contribution >= 0.6 is 23.1 Å². The van der Waals surface area contributed by atoms with Gasteiger partial charge in [0.2, 0.25) is 17.0 Å². The molecule has 0 bridgehead atoms. The quantitative estimate of drug-likeness (QED) is 0.348. The van der Waals surface area contributed by atoms with E-state index in [1.165, 1.54) is 34.2 Å². The molecule has 4 rings (SSSR count). The van der Waals surface area contributed by atoms with Crippen molar-refractivity contribution in [3.05, 3.63) is 71.5 Å². The van der Waals surface area contributed by atoms with Crippen molar-refractivity contribution < 1.29 is 0 Å². The Kier molecular flexibility index (Phi) is 6.35. The average molecular weight is 437 g/mol. The summed E-state index contributed by atoms with van der Waals surface area (Å²) in [6, 6.07) is 18.1. The SMILES string of the molecule is Cc1ccc(Nc2nc(N)nc(CSc3nnc(NCc4ccccc4)s3)n2)cc1. The second-order valence-corrected chi connectivity index (χ2v) is 8.63. The number of thioether (sulfide) groups is 1. The molecule has 8 nitrogen and oxygen atoms in total. The molecule has 4 N–H and O–H groups in total. The second kappa shape index (κ2) is 9.51. The zero-order chi connectivity index (χ0) is 20.8. The predicted octanol–water partition coefficient (Wildman–Crippen LogP) is 4.26. The topological polar surface area (TPSA) is 115 Å². The lowest BCUT2D eigenvalue weighted by Gasteiger charge is -2.07. The summed E-state index contributed by atoms with van der Waals surface area (Å²) >= 11 is 3.01. The highest BCUT2D eigenvalue weighted by molar-refractivity contribution is 8.00. The van der Waals surface area contributed by atoms with Gasteiger partial charge < -0.3 is 16.4 Å². The summed E-state index contributed by atoms with van der Waals surface area (Å²) in [5.41, 5.74) is 9.12. The number of benzene rings is 2. The van der Waals surface area contributed by atoms with E-state index in [0.29, 0.717) is 24.1 Å². The smallest absolute Gasteiger partial charge is 0.232 e. The molecule has 0 atom stereocenters. The lowest BCUT2D eigenvalue weighted by atomic mass is 10.2. The Bertz CT molecular complexity index is 1100. The summed E-state index contributed by atoms with van der Waals surface area (Å²) in [6.45, 7) is 2.74. The molecule has 0 aliphatic rings. The fourth-order valence-corrected chi connectivity index (χ4v) is 4.17. The van der Waals surface area contributed by atoms with Gasteiger partial charge >= 0.3 is 0 Å². The number of anilines is 4. The summed E-state index contributed by atoms with van der Waals surface area (Å²) in [5, 5.41) is 15.6. The van der Waals surface area contributed by atoms with Gasteiger partial charge in [0, 0.05) is 12.2 Å². The third-order valence-electron chi connectivity index (χ3n) is 4.02. The van der Waals surface area contributed by atoms with Crippen molar-refractivity contribution in [3.8, 4) is 0 Å². The minimum atomic E-state index is 0.178. The average Bonchev–Trinajstić information content (AvgIpc) is 3.21. The van der Waals surface area contributed by atoms with Gasteiger partial charge in [0.1, 0.15) is 5.82 Å². The first kappa shape index (κ1) is 20.0. The molecule has 0 aliphatic heterocycles. The number of nitrogens with one attached hydrogen (secondary N) is 2. The zero-order valence-electron chi connectivity index (χ0n) is 16.2. The van der Waals surface area contributed by atoms with Gasteiger partial charge in [-0.2, -0.15) is 15.0 Å². The van der Waals surface area contributed by atoms with Gasteiger partial charge in [-0.05, 0) is 24.6 Å². The molecule has 30 heavy (non-hydrogen) atoms. The van der Waals surface area contributed by atoms with Crippen LogP contribution in [0, 0.1) is 6.92 Å². The van der Waals surface area contributed by atoms with Gasteiger partial charge in [0.15, 0.2) is 4.34 Å². The molecule has 2 aromatic carbocycles. The van der Waals surface area contributed by atoms with Crippen LogP contribution in [0.25, 0.3) is 0 Å². The highest BCUT2D eigenvalue weighted by Gasteiger charge is 2.09. The standard InChI is InChI=1S/C20H20N8S2/c1-13-7-9-15(10-8-13)23-18-25-16(24-17(21)26-18)12-29-20-28-27-19(30-20)22-11-14-5-3-2-4-6-14/h2-10H,11-12H2,1H3,(H,22,27)(H3,21,23,24,25,26). The Morgan fingerprint density at radius 3 is 2.57 bits per heavy atom. The highest BCUT2D eigenvalue weighted by Crippen LogP contribution is 2.28. The maximum atomic E-state index is 5.86. The molecule has 0 spiro atoms. The fourth-order valence-electron chi connectivity index (χ4n) is 2.56. The Morgan fingerprint density at radius 1 is 0.967 bits per heavy atom. The van der Waals surface area contributed by atoms with Gasteiger partial charge in [0.05, 0.1) is 5.75 Å². The first-order chi connectivity index (χ1) is 14.6. The summed E-state index contributed by atoms with van der Waals surface area (Å²) in [7, 11) is 0. The predicted molar refractivity (Wildman–Crippen MR) is 122 cm³/mol. The van der Waals surface area contributed by atoms with E-state index in [1.54, 1.807) is 0 Å². The number of nitrogen functional groups attached to an aromatic ring is 1. The number of hydrogen-bond donors (Lipinski definition) is 3. The molecule has 152 valence electrons. The van der Waals surface area contributed by atoms with Crippen LogP contribution in [-0.2, 0) is 12.3 Å². The van der Waals surface area contributed by atoms with Crippen molar-refractivity contribution in [1.29, 1.82) is 0 Å². The van der Waals surface area contributed by atoms with Crippen LogP contribution in [0.5, 0.6) is 0 Å². The van der Waals surface area contributed by atoms with Crippen LogP contribution in [0.2, 0.25) is 0 Å². The maximum Gasteiger partial charge on any atom is 0.232 e. The van der Waals surface area contributed by atoms with Crippen molar-refractivity contribution in [2.75, 3.05) is 16.4 Å². The van der Waals surface area contributed by atoms with Gasteiger partial charge in [-0.15, -0.1) is 10.2 Å². The number of aryl methyl sites for hydroxylation is 1. The van der Waals surface area contributed by atoms with Crippen molar-refractivity contribution in [2.45, 2.75) is 23.6 Å². The molecule has 0 unspecified atom stereocenters. The van der Waals surface area contributed by atoms with Gasteiger partial charge in [-0.1, -0.05) is 71.1 Å². The van der Waals surface area contributed by atoms with E-state index in [2.05, 4.69) is 47.9 Å². The number of aromatic nitrogens is 5. The molecular formula is C20H20N8S2. The van der Waals surface area contributed by atoms with Crippen LogP contribution in [0.1, 0.15) is 17.0 Å². The Balaban J connectivity index is 1.35. The van der Waals surface area contributed by atoms with E-state index in [-0.39, 0.29) is 5.95 Å². The molecule has 0 saturated carbocycles. The van der Waals surface area contributed by atoms with Gasteiger partial charge in [-0.3, -0.25) is 0 Å². The molecule has 0 saturated heterocycles. The molecule has 2 heterocycles. The molecule has 0 fully saturated rings. The fraction of sp³-hybridized carbons (Fsp3) is 0.150. The number of nitrogens with zero attached hydrogens (tertiary/aromatic N) is 5. The molecule has 2 aromatic heterocycles. The van der Waals surface area contributed by atoms with E-state index in [0.717, 1.165) is 15.2 Å². The molecular weight excluding hydrogens is 416 g/mol. The van der Waals surface area contributed by atoms with E-state index in [4.69, 9.17) is 5.73 Å². The van der Waals surface area contributed by atoms with E-state index in [1.807, 2.05) is 49.4 Å². The van der Waals surface area contributed by atoms with Crippen molar-refractivity contribution in [2.24, 2.45) is 0 Å². The van der Waals surface area contributed by atoms with Crippen molar-refractivity contribution >= 4 is 45.8 Å². The van der Waals surface area contributed by atoms with Crippen LogP contribution in [0.15, 0.2) is 58.9 Å². The van der Waals surface area contributed by atoms with Crippen LogP contribution < -0.4 is 16.4 Å². The maximum absolute atomic E-state index is 5.86. The molecule has 10 heteroatoms. The largest absolute Gasteiger partial charge is 0.368 e. The minimum absolute atomic E-state index is 0.178. The minimum Gasteiger partial charge on any atom is -0.368 e. The highest BCUT2D eigenvalue weighted by atomic mass is 32.2. The third-order valence-corrected chi connectivity index (χ3v) is 6.03. The Morgan fingerprint density at radius 2 is 1.77 bits per heavy atom. The van der Waals surface area contributed by atoms with Crippen LogP contribution in [-0.4, -0.2) is 25.1 Å². The van der Waals surface area contributed by atoms with E-state index < -0.39 is 0 Å². The molecule has 4 aromatic rings. The molecule has 0 amide bonds. The van der Waals surface area contributed by atoms with Crippen LogP contribution in [0.4, 0.5) is 22.7 Å². The Hall–Kier alpha value is -3.24. The van der Waals surface area contributed by atoms with Gasteiger partial charge in [0.25, 0.3) is 0 Å². The second-order valence-electron chi connectivity index (χ2n) is 6.43. The number of hydrogen-bond acceptors (Lipinski definition) is 10. The van der Waals surface area contributed by atoms with Gasteiger partial charge in [-0.25, -0.2) is 0 Å². The lowest BCUT2D eigenvalue weighted by molar-refractivity contribution is 0.972. The zero-order valence-corrected chi connectivity index (χ0v) is 17.9. The molecule has 0 aliphatic carbocycles. The number of nitrogens with two attached hydrogens (primary N) is 1. The van der Waals surface area contributed by atoms with Crippen LogP contribution in [0.3, 0.4) is 0 Å². The van der Waals surface area contributed by atoms with E-state index >= 15 is 0 Å². The monoisotopic (exact) mass is 436 g/mol. The lowest BCUT2D eigenvalue weighted by Crippen LogP contribution is -2.06. The first-order valence-corrected chi connectivity index (χ1v) is 11.0. The first-order valence-electron chi connectivity index (χ1n) is 9.22. The van der Waals surface area contributed by atoms with E-state index in [9.17, 15) is 0 Å². The summed E-state index contributed by atoms with van der Waals surface area (Å²) in [5.74, 6) is 1.70. The molecule has 0 radical (unpaired) electrons. The van der Waals surface area contributed by atoms with Crippen molar-refractivity contribution in [3.63, 3.8) is 0 Å². The number of rotatable bonds is 8. The summed E-state index contributed by atoms with van der Waals surface area (Å²) in [4.78, 5) is 12.8. The summed E-state index contributed by atoms with van der Waals surface area (Å²) in [6.07, 6.45) is 0. The summed E-state index contributed by atoms with van der Waals surface area (Å²) < 4.78 is 0.831. The Labute approximate surface area is 182 Å². The van der Waals surface area contributed by atoms with Crippen molar-refractivity contribution in [1.82, 2.24) is 25.1 Å². The normalized spacial score (nSPS) is 10.7. The third kappa shape index (κ3) is 5.65.